The normalized spacial score (nSPS) is 31.1. The van der Waals surface area contributed by atoms with Crippen molar-refractivity contribution in [2.45, 2.75) is 203 Å². The number of carbonyl (C=O) groups excluding carboxylic acids is 2. The average molecular weight is 1370 g/mol. The van der Waals surface area contributed by atoms with Gasteiger partial charge >= 0.3 is 5.97 Å². The molecule has 5 aliphatic heterocycles. The van der Waals surface area contributed by atoms with Crippen molar-refractivity contribution in [1.82, 2.24) is 5.32 Å². The van der Waals surface area contributed by atoms with Gasteiger partial charge in [-0.15, -0.1) is 0 Å². The van der Waals surface area contributed by atoms with Crippen LogP contribution in [0.15, 0.2) is 212 Å². The molecule has 100 heavy (non-hydrogen) atoms. The zero-order chi connectivity index (χ0) is 69.4. The molecule has 5 heterocycles. The number of esters is 1. The lowest BCUT2D eigenvalue weighted by molar-refractivity contribution is -0.408. The lowest BCUT2D eigenvalue weighted by atomic mass is 9.93. The van der Waals surface area contributed by atoms with Crippen molar-refractivity contribution in [3.63, 3.8) is 0 Å². The first-order chi connectivity index (χ1) is 48.7. The number of amides is 1. The Kier molecular flexibility index (Phi) is 25.5. The van der Waals surface area contributed by atoms with Crippen LogP contribution in [0.3, 0.4) is 0 Å². The largest absolute Gasteiger partial charge is 0.450 e. The van der Waals surface area contributed by atoms with Crippen LogP contribution in [0, 0.1) is 0 Å². The fourth-order valence-electron chi connectivity index (χ4n) is 13.3. The fraction of sp³-hybridized carbons (Fsp3) is 0.443. The monoisotopic (exact) mass is 1370 g/mol. The van der Waals surface area contributed by atoms with Crippen molar-refractivity contribution in [3.05, 3.63) is 251 Å². The minimum absolute atomic E-state index is 0.0122. The van der Waals surface area contributed by atoms with Gasteiger partial charge in [-0.25, -0.2) is 4.79 Å². The molecule has 2 N–H and O–H groups in total. The number of nitrogens with one attached hydrogen (secondary N) is 1. The Hall–Kier alpha value is -7.20. The second-order valence-electron chi connectivity index (χ2n) is 26.1. The van der Waals surface area contributed by atoms with E-state index in [-0.39, 0.29) is 58.4 Å². The summed E-state index contributed by atoms with van der Waals surface area (Å²) in [6.45, 7) is 9.34. The van der Waals surface area contributed by atoms with E-state index in [1.165, 1.54) is 14.0 Å². The fourth-order valence-corrected chi connectivity index (χ4v) is 13.3. The highest BCUT2D eigenvalue weighted by molar-refractivity contribution is 5.89. The summed E-state index contributed by atoms with van der Waals surface area (Å²) in [6.07, 6.45) is -22.4. The predicted octanol–water partition coefficient (Wildman–Crippen LogP) is 10.1. The number of aliphatic hydroxyl groups excluding tert-OH is 1. The van der Waals surface area contributed by atoms with Crippen LogP contribution in [0.2, 0.25) is 0 Å². The number of fused-ring (bicyclic) bond motifs is 1. The molecule has 21 nitrogen and oxygen atoms in total. The SMILES string of the molecule is CO[C@@H]1O[C@@H]2COC(C)(C)O[C@H]2[C@H](O[C@@H]2O[C@@H](C)[C@H](O[C@H]3O[C@H](COCc4ccccc4)[C@@H](OCc4ccccc4)[C@H](OCc4ccccc4)[C@H]3OCc3ccccc3)[C@@H](O[C@@H]3O[C@@H](C)[C@H](OCc4ccccc4)[C@@H](OCc4ccccc4)[C@H]3O)[C@H]2OC(=O)c2ccccc2)[C@H]1NC(C)=O. The molecule has 7 aromatic rings. The molecule has 1 amide bonds. The van der Waals surface area contributed by atoms with Crippen LogP contribution in [0.5, 0.6) is 0 Å². The van der Waals surface area contributed by atoms with E-state index in [4.69, 9.17) is 80.5 Å². The van der Waals surface area contributed by atoms with Crippen molar-refractivity contribution < 1.29 is 95.2 Å². The molecule has 0 saturated carbocycles. The van der Waals surface area contributed by atoms with Crippen molar-refractivity contribution in [3.8, 4) is 0 Å². The number of methoxy groups -OCH3 is 1. The minimum Gasteiger partial charge on any atom is -0.450 e. The summed E-state index contributed by atoms with van der Waals surface area (Å²) < 4.78 is 117. The number of rotatable bonds is 29. The van der Waals surface area contributed by atoms with E-state index >= 15 is 4.79 Å². The Bertz CT molecular complexity index is 3570. The maximum absolute atomic E-state index is 15.2. The summed E-state index contributed by atoms with van der Waals surface area (Å²) in [6, 6.07) is 65.7. The molecule has 0 unspecified atom stereocenters. The third-order valence-corrected chi connectivity index (χ3v) is 18.3. The van der Waals surface area contributed by atoms with Crippen molar-refractivity contribution >= 4 is 11.9 Å². The van der Waals surface area contributed by atoms with Gasteiger partial charge in [0, 0.05) is 14.0 Å². The van der Waals surface area contributed by atoms with Crippen LogP contribution < -0.4 is 5.32 Å². The van der Waals surface area contributed by atoms with E-state index in [0.717, 1.165) is 33.4 Å². The molecule has 0 aliphatic carbocycles. The van der Waals surface area contributed by atoms with Crippen LogP contribution in [0.25, 0.3) is 0 Å². The topological polar surface area (TPSA) is 223 Å². The molecule has 21 heteroatoms. The highest BCUT2D eigenvalue weighted by Gasteiger charge is 2.60. The van der Waals surface area contributed by atoms with E-state index in [1.807, 2.05) is 189 Å². The van der Waals surface area contributed by atoms with Gasteiger partial charge in [0.2, 0.25) is 5.91 Å². The molecule has 0 bridgehead atoms. The van der Waals surface area contributed by atoms with Crippen molar-refractivity contribution in [2.24, 2.45) is 0 Å². The molecule has 0 radical (unpaired) electrons. The summed E-state index contributed by atoms with van der Waals surface area (Å²) >= 11 is 0. The van der Waals surface area contributed by atoms with Crippen molar-refractivity contribution in [2.75, 3.05) is 20.3 Å². The molecule has 0 spiro atoms. The standard InChI is InChI=1S/C79H91NO20/c1-50-64(86-43-54-30-16-8-17-31-54)69(88-45-56-34-20-10-21-35-56)63(82)76(92-50)99-71-65(51(2)93-78(73(71)96-74(83)59-40-26-13-27-41-59)98-68-62(80-52(3)81)75(84-6)94-61-49-91-79(4,5)100-67(61)68)97-77-72(90-47-58-38-24-12-25-39-58)70(89-46-57-36-22-11-23-37-57)66(87-44-55-32-18-9-19-33-55)60(95-77)48-85-42-53-28-14-7-15-29-53/h7-41,50-51,60-73,75-78,82H,42-49H2,1-6H3,(H,80,81)/t50-,51-,60+,61+,62+,63+,64-,65-,66+,67+,68+,69-,70-,71+,72+,73+,75+,76-,77+,78-/m0/s1. The smallest absolute Gasteiger partial charge is 0.338 e. The van der Waals surface area contributed by atoms with Gasteiger partial charge in [0.05, 0.1) is 70.6 Å². The molecule has 7 aromatic carbocycles. The zero-order valence-corrected chi connectivity index (χ0v) is 57.1. The quantitative estimate of drug-likeness (QED) is 0.0416. The number of hydrogen-bond donors (Lipinski definition) is 2. The number of benzene rings is 7. The van der Waals surface area contributed by atoms with Gasteiger partial charge in [0.15, 0.2) is 37.1 Å². The highest BCUT2D eigenvalue weighted by Crippen LogP contribution is 2.42. The molecule has 20 atom stereocenters. The van der Waals surface area contributed by atoms with E-state index < -0.39 is 140 Å². The minimum atomic E-state index is -1.65. The molecular formula is C79H91NO20. The number of ether oxygens (including phenoxy) is 17. The predicted molar refractivity (Wildman–Crippen MR) is 363 cm³/mol. The average Bonchev–Trinajstić information content (AvgIpc) is 0.755. The van der Waals surface area contributed by atoms with Gasteiger partial charge in [-0.2, -0.15) is 0 Å². The van der Waals surface area contributed by atoms with Crippen LogP contribution in [-0.2, 0) is 125 Å². The first kappa shape index (κ1) is 72.6. The summed E-state index contributed by atoms with van der Waals surface area (Å²) in [7, 11) is 1.45. The molecule has 5 aliphatic rings. The number of carbonyl (C=O) groups is 2. The molecule has 12 rings (SSSR count). The Balaban J connectivity index is 0.977. The van der Waals surface area contributed by atoms with Gasteiger partial charge in [-0.1, -0.05) is 200 Å². The maximum Gasteiger partial charge on any atom is 0.338 e. The van der Waals surface area contributed by atoms with Crippen LogP contribution in [-0.4, -0.2) is 166 Å². The van der Waals surface area contributed by atoms with Crippen molar-refractivity contribution in [1.29, 1.82) is 0 Å². The summed E-state index contributed by atoms with van der Waals surface area (Å²) in [5, 5.41) is 16.1. The van der Waals surface area contributed by atoms with E-state index in [1.54, 1.807) is 51.1 Å². The first-order valence-corrected chi connectivity index (χ1v) is 34.3. The third kappa shape index (κ3) is 18.9. The first-order valence-electron chi connectivity index (χ1n) is 34.3. The molecule has 532 valence electrons. The van der Waals surface area contributed by atoms with E-state index in [2.05, 4.69) is 5.32 Å². The Morgan fingerprint density at radius 1 is 0.460 bits per heavy atom. The van der Waals surface area contributed by atoms with Gasteiger partial charge in [0.1, 0.15) is 79.3 Å². The van der Waals surface area contributed by atoms with E-state index in [0.29, 0.717) is 0 Å². The second-order valence-corrected chi connectivity index (χ2v) is 26.1. The molecule has 0 aromatic heterocycles. The number of aliphatic hydroxyl groups is 1. The maximum atomic E-state index is 15.2. The lowest BCUT2D eigenvalue weighted by Gasteiger charge is -2.53. The Labute approximate surface area is 584 Å². The molecule has 5 saturated heterocycles. The zero-order valence-electron chi connectivity index (χ0n) is 57.1. The highest BCUT2D eigenvalue weighted by atomic mass is 16.8. The summed E-state index contributed by atoms with van der Waals surface area (Å²) in [5.74, 6) is -2.40. The van der Waals surface area contributed by atoms with Gasteiger partial charge in [0.25, 0.3) is 0 Å². The summed E-state index contributed by atoms with van der Waals surface area (Å²) in [4.78, 5) is 28.5. The van der Waals surface area contributed by atoms with Gasteiger partial charge < -0.3 is 90.9 Å². The molecular weight excluding hydrogens is 1280 g/mol. The summed E-state index contributed by atoms with van der Waals surface area (Å²) in [5.41, 5.74) is 5.46. The third-order valence-electron chi connectivity index (χ3n) is 18.3. The van der Waals surface area contributed by atoms with Crippen LogP contribution in [0.4, 0.5) is 0 Å². The van der Waals surface area contributed by atoms with E-state index in [9.17, 15) is 9.90 Å². The van der Waals surface area contributed by atoms with Gasteiger partial charge in [-0.3, -0.25) is 4.79 Å². The Morgan fingerprint density at radius 3 is 1.39 bits per heavy atom. The second kappa shape index (κ2) is 35.1. The van der Waals surface area contributed by atoms with Gasteiger partial charge in [-0.05, 0) is 73.2 Å². The Morgan fingerprint density at radius 2 is 0.880 bits per heavy atom. The number of hydrogen-bond acceptors (Lipinski definition) is 20. The lowest BCUT2D eigenvalue weighted by Crippen LogP contribution is -2.71. The molecule has 5 fully saturated rings. The van der Waals surface area contributed by atoms with Crippen LogP contribution >= 0.6 is 0 Å². The van der Waals surface area contributed by atoms with Crippen LogP contribution in [0.1, 0.15) is 78.4 Å².